The van der Waals surface area contributed by atoms with Crippen LogP contribution in [0.4, 0.5) is 4.79 Å². The molecule has 0 aliphatic heterocycles. The molecule has 0 aliphatic rings. The predicted octanol–water partition coefficient (Wildman–Crippen LogP) is 3.14. The number of hydrogen-bond acceptors (Lipinski definition) is 2. The van der Waals surface area contributed by atoms with Gasteiger partial charge in [-0.05, 0) is 25.2 Å². The minimum Gasteiger partial charge on any atom is -0.480 e. The molecule has 0 bridgehead atoms. The van der Waals surface area contributed by atoms with Crippen molar-refractivity contribution in [3.8, 4) is 0 Å². The summed E-state index contributed by atoms with van der Waals surface area (Å²) in [6.07, 6.45) is 5.47. The Morgan fingerprint density at radius 2 is 1.70 bits per heavy atom. The highest BCUT2D eigenvalue weighted by Gasteiger charge is 2.22. The molecule has 0 saturated carbocycles. The number of rotatable bonds is 10. The van der Waals surface area contributed by atoms with Gasteiger partial charge >= 0.3 is 12.0 Å². The minimum absolute atomic E-state index is 0.133. The van der Waals surface area contributed by atoms with E-state index in [1.54, 1.807) is 0 Å². The van der Waals surface area contributed by atoms with Gasteiger partial charge < -0.3 is 15.7 Å². The Labute approximate surface area is 122 Å². The first kappa shape index (κ1) is 18.7. The summed E-state index contributed by atoms with van der Waals surface area (Å²) < 4.78 is 0. The van der Waals surface area contributed by atoms with E-state index in [1.807, 2.05) is 13.8 Å². The number of aliphatic carboxylic acids is 1. The van der Waals surface area contributed by atoms with Crippen molar-refractivity contribution in [1.82, 2.24) is 10.6 Å². The first-order valence-electron chi connectivity index (χ1n) is 7.70. The van der Waals surface area contributed by atoms with E-state index >= 15 is 0 Å². The van der Waals surface area contributed by atoms with E-state index < -0.39 is 12.0 Å². The average Bonchev–Trinajstić information content (AvgIpc) is 2.34. The Balaban J connectivity index is 4.35. The summed E-state index contributed by atoms with van der Waals surface area (Å²) in [6, 6.07) is -1.05. The van der Waals surface area contributed by atoms with Gasteiger partial charge in [0.2, 0.25) is 0 Å². The number of carbonyl (C=O) groups excluding carboxylic acids is 1. The number of carboxylic acid groups (broad SMARTS) is 1. The molecular formula is C15H30N2O3. The van der Waals surface area contributed by atoms with Crippen molar-refractivity contribution in [3.63, 3.8) is 0 Å². The lowest BCUT2D eigenvalue weighted by Crippen LogP contribution is -2.49. The van der Waals surface area contributed by atoms with Crippen LogP contribution in [0, 0.1) is 5.92 Å². The van der Waals surface area contributed by atoms with Crippen LogP contribution in [0.25, 0.3) is 0 Å². The molecular weight excluding hydrogens is 256 g/mol. The second-order valence-electron chi connectivity index (χ2n) is 5.77. The van der Waals surface area contributed by atoms with Gasteiger partial charge in [0.1, 0.15) is 6.04 Å². The maximum absolute atomic E-state index is 11.9. The van der Waals surface area contributed by atoms with Crippen molar-refractivity contribution < 1.29 is 14.7 Å². The Bertz CT molecular complexity index is 293. The third-order valence-electron chi connectivity index (χ3n) is 3.19. The van der Waals surface area contributed by atoms with Crippen molar-refractivity contribution in [3.05, 3.63) is 0 Å². The molecule has 0 aromatic heterocycles. The summed E-state index contributed by atoms with van der Waals surface area (Å²) in [5.41, 5.74) is 0. The smallest absolute Gasteiger partial charge is 0.326 e. The highest BCUT2D eigenvalue weighted by Crippen LogP contribution is 2.08. The third-order valence-corrected chi connectivity index (χ3v) is 3.19. The van der Waals surface area contributed by atoms with Gasteiger partial charge in [-0.3, -0.25) is 0 Å². The van der Waals surface area contributed by atoms with Gasteiger partial charge in [-0.1, -0.05) is 47.0 Å². The maximum atomic E-state index is 11.9. The first-order chi connectivity index (χ1) is 9.40. The molecule has 0 aliphatic carbocycles. The summed E-state index contributed by atoms with van der Waals surface area (Å²) in [5.74, 6) is -0.752. The van der Waals surface area contributed by atoms with Crippen LogP contribution in [-0.4, -0.2) is 29.2 Å². The lowest BCUT2D eigenvalue weighted by Gasteiger charge is -2.21. The number of urea groups is 1. The Morgan fingerprint density at radius 1 is 1.05 bits per heavy atom. The first-order valence-corrected chi connectivity index (χ1v) is 7.70. The normalized spacial score (nSPS) is 13.8. The molecule has 20 heavy (non-hydrogen) atoms. The molecule has 2 amide bonds. The summed E-state index contributed by atoms with van der Waals surface area (Å²) in [7, 11) is 0. The van der Waals surface area contributed by atoms with E-state index in [2.05, 4.69) is 24.5 Å². The number of hydrogen-bond donors (Lipinski definition) is 3. The van der Waals surface area contributed by atoms with Gasteiger partial charge in [0.25, 0.3) is 0 Å². The van der Waals surface area contributed by atoms with Crippen LogP contribution in [0.5, 0.6) is 0 Å². The van der Waals surface area contributed by atoms with Crippen LogP contribution in [0.1, 0.15) is 66.2 Å². The molecule has 2 atom stereocenters. The standard InChI is InChI=1S/C15H30N2O3/c1-5-7-9-12(8-6-2)16-15(20)17-13(14(18)19)10-11(3)4/h11-13H,5-10H2,1-4H3,(H,18,19)(H2,16,17,20)/t12?,13-/m0/s1. The van der Waals surface area contributed by atoms with Crippen molar-refractivity contribution in [2.24, 2.45) is 5.92 Å². The van der Waals surface area contributed by atoms with Gasteiger partial charge in [0, 0.05) is 6.04 Å². The van der Waals surface area contributed by atoms with Gasteiger partial charge in [-0.2, -0.15) is 0 Å². The van der Waals surface area contributed by atoms with Crippen LogP contribution in [0.3, 0.4) is 0 Å². The molecule has 0 rings (SSSR count). The van der Waals surface area contributed by atoms with Gasteiger partial charge in [-0.25, -0.2) is 9.59 Å². The van der Waals surface area contributed by atoms with Gasteiger partial charge in [-0.15, -0.1) is 0 Å². The highest BCUT2D eigenvalue weighted by atomic mass is 16.4. The number of nitrogens with one attached hydrogen (secondary N) is 2. The largest absolute Gasteiger partial charge is 0.480 e. The quantitative estimate of drug-likeness (QED) is 0.577. The molecule has 0 spiro atoms. The fourth-order valence-corrected chi connectivity index (χ4v) is 2.17. The highest BCUT2D eigenvalue weighted by molar-refractivity contribution is 5.82. The van der Waals surface area contributed by atoms with E-state index in [-0.39, 0.29) is 18.0 Å². The summed E-state index contributed by atoms with van der Waals surface area (Å²) >= 11 is 0. The molecule has 5 nitrogen and oxygen atoms in total. The minimum atomic E-state index is -0.977. The summed E-state index contributed by atoms with van der Waals surface area (Å²) in [4.78, 5) is 23.0. The SMILES string of the molecule is CCCCC(CCC)NC(=O)N[C@@H](CC(C)C)C(=O)O. The number of carboxylic acids is 1. The van der Waals surface area contributed by atoms with Crippen molar-refractivity contribution in [2.45, 2.75) is 78.3 Å². The zero-order chi connectivity index (χ0) is 15.5. The monoisotopic (exact) mass is 286 g/mol. The van der Waals surface area contributed by atoms with Crippen molar-refractivity contribution >= 4 is 12.0 Å². The average molecular weight is 286 g/mol. The van der Waals surface area contributed by atoms with E-state index in [0.717, 1.165) is 32.1 Å². The van der Waals surface area contributed by atoms with Crippen LogP contribution in [0.15, 0.2) is 0 Å². The third kappa shape index (κ3) is 8.77. The number of amides is 2. The summed E-state index contributed by atoms with van der Waals surface area (Å²) in [5, 5.41) is 14.6. The summed E-state index contributed by atoms with van der Waals surface area (Å²) in [6.45, 7) is 8.08. The fourth-order valence-electron chi connectivity index (χ4n) is 2.17. The predicted molar refractivity (Wildman–Crippen MR) is 80.8 cm³/mol. The van der Waals surface area contributed by atoms with E-state index in [0.29, 0.717) is 6.42 Å². The van der Waals surface area contributed by atoms with Crippen molar-refractivity contribution in [1.29, 1.82) is 0 Å². The molecule has 3 N–H and O–H groups in total. The molecule has 0 heterocycles. The molecule has 0 saturated heterocycles. The fraction of sp³-hybridized carbons (Fsp3) is 0.867. The molecule has 118 valence electrons. The van der Waals surface area contributed by atoms with Gasteiger partial charge in [0.15, 0.2) is 0 Å². The van der Waals surface area contributed by atoms with E-state index in [4.69, 9.17) is 5.11 Å². The molecule has 0 aromatic carbocycles. The topological polar surface area (TPSA) is 78.4 Å². The Kier molecular flexibility index (Phi) is 9.86. The lowest BCUT2D eigenvalue weighted by atomic mass is 10.0. The Hall–Kier alpha value is -1.26. The molecule has 0 aromatic rings. The second-order valence-corrected chi connectivity index (χ2v) is 5.77. The second kappa shape index (κ2) is 10.5. The van der Waals surface area contributed by atoms with Crippen LogP contribution >= 0.6 is 0 Å². The number of carbonyl (C=O) groups is 2. The van der Waals surface area contributed by atoms with Crippen molar-refractivity contribution in [2.75, 3.05) is 0 Å². The Morgan fingerprint density at radius 3 is 2.15 bits per heavy atom. The molecule has 1 unspecified atom stereocenters. The zero-order valence-corrected chi connectivity index (χ0v) is 13.2. The van der Waals surface area contributed by atoms with Crippen LogP contribution < -0.4 is 10.6 Å². The van der Waals surface area contributed by atoms with E-state index in [9.17, 15) is 9.59 Å². The zero-order valence-electron chi connectivity index (χ0n) is 13.2. The van der Waals surface area contributed by atoms with Crippen LogP contribution in [0.2, 0.25) is 0 Å². The number of unbranched alkanes of at least 4 members (excludes halogenated alkanes) is 1. The molecule has 0 radical (unpaired) electrons. The molecule has 5 heteroatoms. The lowest BCUT2D eigenvalue weighted by molar-refractivity contribution is -0.139. The van der Waals surface area contributed by atoms with E-state index in [1.165, 1.54) is 0 Å². The maximum Gasteiger partial charge on any atom is 0.326 e. The van der Waals surface area contributed by atoms with Crippen LogP contribution in [-0.2, 0) is 4.79 Å². The molecule has 0 fully saturated rings. The van der Waals surface area contributed by atoms with Gasteiger partial charge in [0.05, 0.1) is 0 Å².